The third-order valence-corrected chi connectivity index (χ3v) is 3.43. The predicted octanol–water partition coefficient (Wildman–Crippen LogP) is 2.42. The Hall–Kier alpha value is -2.54. The van der Waals surface area contributed by atoms with Gasteiger partial charge in [0.15, 0.2) is 5.82 Å². The molecule has 0 aliphatic rings. The van der Waals surface area contributed by atoms with Crippen LogP contribution >= 0.6 is 0 Å². The molecular weight excluding hydrogens is 296 g/mol. The summed E-state index contributed by atoms with van der Waals surface area (Å²) in [6, 6.07) is 9.15. The van der Waals surface area contributed by atoms with Crippen LogP contribution in [0, 0.1) is 6.92 Å². The van der Waals surface area contributed by atoms with Crippen LogP contribution in [0.1, 0.15) is 17.4 Å². The number of anilines is 1. The summed E-state index contributed by atoms with van der Waals surface area (Å²) in [5, 5.41) is 9.20. The smallest absolute Gasteiger partial charge is 0.320 e. The molecule has 2 rings (SSSR count). The predicted molar refractivity (Wildman–Crippen MR) is 87.7 cm³/mol. The number of hydrogen-bond acceptors (Lipinski definition) is 5. The van der Waals surface area contributed by atoms with E-state index in [0.29, 0.717) is 18.1 Å². The standard InChI is InChI=1S/C16H22N4O3/c1-11-8-15(19-23-11)18-16(21)17-10-14(20(2)3)12-6-5-7-13(9-12)22-4/h5-9,14H,10H2,1-4H3,(H2,17,18,19,21)/t14-/m1/s1. The molecule has 0 unspecified atom stereocenters. The fourth-order valence-electron chi connectivity index (χ4n) is 2.22. The number of aryl methyl sites for hydroxylation is 1. The van der Waals surface area contributed by atoms with Crippen molar-refractivity contribution in [3.8, 4) is 5.75 Å². The molecule has 0 aliphatic heterocycles. The maximum absolute atomic E-state index is 12.0. The first kappa shape index (κ1) is 16.8. The minimum absolute atomic E-state index is 0.0231. The van der Waals surface area contributed by atoms with Gasteiger partial charge < -0.3 is 19.5 Å². The molecule has 0 aliphatic carbocycles. The molecule has 124 valence electrons. The zero-order valence-corrected chi connectivity index (χ0v) is 13.8. The highest BCUT2D eigenvalue weighted by atomic mass is 16.5. The summed E-state index contributed by atoms with van der Waals surface area (Å²) >= 11 is 0. The summed E-state index contributed by atoms with van der Waals surface area (Å²) in [6.07, 6.45) is 0. The molecule has 0 spiro atoms. The van der Waals surface area contributed by atoms with Crippen molar-refractivity contribution in [2.75, 3.05) is 33.1 Å². The van der Waals surface area contributed by atoms with E-state index in [1.807, 2.05) is 43.3 Å². The lowest BCUT2D eigenvalue weighted by Crippen LogP contribution is -2.36. The molecule has 0 saturated heterocycles. The Balaban J connectivity index is 1.98. The van der Waals surface area contributed by atoms with E-state index >= 15 is 0 Å². The van der Waals surface area contributed by atoms with E-state index in [0.717, 1.165) is 11.3 Å². The largest absolute Gasteiger partial charge is 0.497 e. The number of carbonyl (C=O) groups is 1. The van der Waals surface area contributed by atoms with Gasteiger partial charge in [-0.1, -0.05) is 17.3 Å². The van der Waals surface area contributed by atoms with Crippen molar-refractivity contribution in [1.82, 2.24) is 15.4 Å². The summed E-state index contributed by atoms with van der Waals surface area (Å²) in [6.45, 7) is 2.21. The van der Waals surface area contributed by atoms with Crippen LogP contribution in [0.4, 0.5) is 10.6 Å². The first-order chi connectivity index (χ1) is 11.0. The number of rotatable bonds is 6. The van der Waals surface area contributed by atoms with Gasteiger partial charge in [0.05, 0.1) is 13.2 Å². The maximum Gasteiger partial charge on any atom is 0.320 e. The minimum atomic E-state index is -0.326. The van der Waals surface area contributed by atoms with Crippen LogP contribution < -0.4 is 15.4 Å². The Morgan fingerprint density at radius 3 is 2.78 bits per heavy atom. The molecule has 23 heavy (non-hydrogen) atoms. The van der Waals surface area contributed by atoms with E-state index in [1.54, 1.807) is 20.1 Å². The number of hydrogen-bond donors (Lipinski definition) is 2. The van der Waals surface area contributed by atoms with Crippen molar-refractivity contribution in [3.05, 3.63) is 41.7 Å². The second-order valence-electron chi connectivity index (χ2n) is 5.41. The maximum atomic E-state index is 12.0. The molecule has 2 N–H and O–H groups in total. The molecule has 0 bridgehead atoms. The molecule has 0 radical (unpaired) electrons. The molecule has 2 amide bonds. The highest BCUT2D eigenvalue weighted by Crippen LogP contribution is 2.22. The lowest BCUT2D eigenvalue weighted by molar-refractivity contribution is 0.243. The van der Waals surface area contributed by atoms with Crippen LogP contribution in [0.15, 0.2) is 34.9 Å². The minimum Gasteiger partial charge on any atom is -0.497 e. The number of carbonyl (C=O) groups excluding carboxylic acids is 1. The van der Waals surface area contributed by atoms with Gasteiger partial charge in [0, 0.05) is 12.6 Å². The third kappa shape index (κ3) is 4.72. The van der Waals surface area contributed by atoms with Gasteiger partial charge in [0.2, 0.25) is 0 Å². The SMILES string of the molecule is COc1cccc([C@@H](CNC(=O)Nc2cc(C)on2)N(C)C)c1. The number of likely N-dealkylation sites (N-methyl/N-ethyl adjacent to an activating group) is 1. The van der Waals surface area contributed by atoms with Crippen molar-refractivity contribution < 1.29 is 14.1 Å². The fraction of sp³-hybridized carbons (Fsp3) is 0.375. The lowest BCUT2D eigenvalue weighted by Gasteiger charge is -2.25. The molecule has 1 heterocycles. The van der Waals surface area contributed by atoms with Gasteiger partial charge in [-0.25, -0.2) is 4.79 Å². The average Bonchev–Trinajstić information content (AvgIpc) is 2.92. The summed E-state index contributed by atoms with van der Waals surface area (Å²) in [4.78, 5) is 14.0. The van der Waals surface area contributed by atoms with Gasteiger partial charge in [-0.05, 0) is 38.7 Å². The summed E-state index contributed by atoms with van der Waals surface area (Å²) in [7, 11) is 5.56. The number of benzene rings is 1. The van der Waals surface area contributed by atoms with Crippen molar-refractivity contribution in [2.24, 2.45) is 0 Å². The average molecular weight is 318 g/mol. The van der Waals surface area contributed by atoms with E-state index in [-0.39, 0.29) is 12.1 Å². The Kier molecular flexibility index (Phi) is 5.59. The molecule has 0 saturated carbocycles. The normalized spacial score (nSPS) is 12.0. The molecule has 7 heteroatoms. The van der Waals surface area contributed by atoms with Crippen LogP contribution in [0.3, 0.4) is 0 Å². The number of amides is 2. The van der Waals surface area contributed by atoms with E-state index in [9.17, 15) is 4.79 Å². The van der Waals surface area contributed by atoms with Crippen LogP contribution in [0.2, 0.25) is 0 Å². The summed E-state index contributed by atoms with van der Waals surface area (Å²) in [5.41, 5.74) is 1.06. The topological polar surface area (TPSA) is 79.6 Å². The molecule has 1 aromatic carbocycles. The van der Waals surface area contributed by atoms with Crippen molar-refractivity contribution >= 4 is 11.8 Å². The lowest BCUT2D eigenvalue weighted by atomic mass is 10.1. The quantitative estimate of drug-likeness (QED) is 0.855. The van der Waals surface area contributed by atoms with Crippen LogP contribution in [-0.4, -0.2) is 43.8 Å². The Labute approximate surface area is 135 Å². The number of nitrogens with one attached hydrogen (secondary N) is 2. The Morgan fingerprint density at radius 1 is 1.39 bits per heavy atom. The van der Waals surface area contributed by atoms with Crippen LogP contribution in [0.25, 0.3) is 0 Å². The van der Waals surface area contributed by atoms with Gasteiger partial charge >= 0.3 is 6.03 Å². The second-order valence-corrected chi connectivity index (χ2v) is 5.41. The number of urea groups is 1. The van der Waals surface area contributed by atoms with E-state index < -0.39 is 0 Å². The molecule has 1 aromatic heterocycles. The third-order valence-electron chi connectivity index (χ3n) is 3.43. The van der Waals surface area contributed by atoms with Crippen molar-refractivity contribution in [2.45, 2.75) is 13.0 Å². The van der Waals surface area contributed by atoms with Gasteiger partial charge in [0.1, 0.15) is 11.5 Å². The van der Waals surface area contributed by atoms with Crippen molar-refractivity contribution in [3.63, 3.8) is 0 Å². The van der Waals surface area contributed by atoms with Crippen molar-refractivity contribution in [1.29, 1.82) is 0 Å². The Bertz CT molecular complexity index is 654. The fourth-order valence-corrected chi connectivity index (χ4v) is 2.22. The second kappa shape index (κ2) is 7.64. The number of ether oxygens (including phenoxy) is 1. The van der Waals surface area contributed by atoms with Crippen LogP contribution in [0.5, 0.6) is 5.75 Å². The highest BCUT2D eigenvalue weighted by molar-refractivity contribution is 5.88. The van der Waals surface area contributed by atoms with Gasteiger partial charge in [-0.2, -0.15) is 0 Å². The first-order valence-electron chi connectivity index (χ1n) is 7.28. The summed E-state index contributed by atoms with van der Waals surface area (Å²) in [5.74, 6) is 1.82. The van der Waals surface area contributed by atoms with Crippen LogP contribution in [-0.2, 0) is 0 Å². The zero-order chi connectivity index (χ0) is 16.8. The molecule has 7 nitrogen and oxygen atoms in total. The summed E-state index contributed by atoms with van der Waals surface area (Å²) < 4.78 is 10.2. The van der Waals surface area contributed by atoms with Gasteiger partial charge in [-0.15, -0.1) is 0 Å². The van der Waals surface area contributed by atoms with E-state index in [2.05, 4.69) is 15.8 Å². The van der Waals surface area contributed by atoms with Gasteiger partial charge in [0.25, 0.3) is 0 Å². The first-order valence-corrected chi connectivity index (χ1v) is 7.28. The zero-order valence-electron chi connectivity index (χ0n) is 13.8. The molecule has 0 fully saturated rings. The molecule has 1 atom stereocenters. The number of nitrogens with zero attached hydrogens (tertiary/aromatic N) is 2. The number of methoxy groups -OCH3 is 1. The van der Waals surface area contributed by atoms with E-state index in [1.165, 1.54) is 0 Å². The Morgan fingerprint density at radius 2 is 2.17 bits per heavy atom. The molecular formula is C16H22N4O3. The molecule has 2 aromatic rings. The monoisotopic (exact) mass is 318 g/mol. The highest BCUT2D eigenvalue weighted by Gasteiger charge is 2.16. The van der Waals surface area contributed by atoms with E-state index in [4.69, 9.17) is 9.26 Å². The number of aromatic nitrogens is 1. The van der Waals surface area contributed by atoms with Gasteiger partial charge in [-0.3, -0.25) is 5.32 Å².